The Morgan fingerprint density at radius 1 is 1.26 bits per heavy atom. The number of benzene rings is 2. The number of anilines is 1. The zero-order valence-electron chi connectivity index (χ0n) is 15.7. The fourth-order valence-electron chi connectivity index (χ4n) is 3.34. The fourth-order valence-corrected chi connectivity index (χ4v) is 3.34. The molecule has 2 aromatic carbocycles. The molecule has 0 radical (unpaired) electrons. The third kappa shape index (κ3) is 5.61. The highest BCUT2D eigenvalue weighted by Crippen LogP contribution is 2.20. The molecule has 6 heteroatoms. The third-order valence-electron chi connectivity index (χ3n) is 4.61. The number of aromatic hydroxyl groups is 1. The summed E-state index contributed by atoms with van der Waals surface area (Å²) < 4.78 is 13.5. The molecule has 1 unspecified atom stereocenters. The molecule has 0 bridgehead atoms. The number of nitrogens with one attached hydrogen (secondary N) is 2. The standard InChI is InChI=1S/C21H27FN4O/c1-2-23-21(24-14-16-6-3-10-20(27)12-16)25-18-8-5-11-26(15-18)19-9-4-7-17(22)13-19/h3-4,6-7,9-10,12-13,18,27H,2,5,8,11,14-15H2,1H3,(H2,23,24,25). The van der Waals surface area contributed by atoms with Crippen molar-refractivity contribution < 1.29 is 9.50 Å². The quantitative estimate of drug-likeness (QED) is 0.559. The summed E-state index contributed by atoms with van der Waals surface area (Å²) in [4.78, 5) is 6.85. The molecule has 5 nitrogen and oxygen atoms in total. The van der Waals surface area contributed by atoms with Gasteiger partial charge in [-0.15, -0.1) is 0 Å². The van der Waals surface area contributed by atoms with E-state index in [4.69, 9.17) is 0 Å². The maximum atomic E-state index is 13.5. The lowest BCUT2D eigenvalue weighted by Gasteiger charge is -2.35. The van der Waals surface area contributed by atoms with Gasteiger partial charge in [-0.2, -0.15) is 0 Å². The van der Waals surface area contributed by atoms with E-state index in [1.807, 2.05) is 25.1 Å². The third-order valence-corrected chi connectivity index (χ3v) is 4.61. The van der Waals surface area contributed by atoms with Gasteiger partial charge in [-0.05, 0) is 55.7 Å². The van der Waals surface area contributed by atoms with Crippen molar-refractivity contribution in [2.24, 2.45) is 4.99 Å². The number of phenols is 1. The van der Waals surface area contributed by atoms with Gasteiger partial charge in [-0.3, -0.25) is 0 Å². The summed E-state index contributed by atoms with van der Waals surface area (Å²) in [5.41, 5.74) is 1.88. The first-order chi connectivity index (χ1) is 13.1. The molecule has 1 atom stereocenters. The predicted octanol–water partition coefficient (Wildman–Crippen LogP) is 3.26. The predicted molar refractivity (Wildman–Crippen MR) is 108 cm³/mol. The summed E-state index contributed by atoms with van der Waals surface area (Å²) in [6.07, 6.45) is 2.09. The Morgan fingerprint density at radius 3 is 2.89 bits per heavy atom. The van der Waals surface area contributed by atoms with Crippen molar-refractivity contribution in [1.29, 1.82) is 0 Å². The molecule has 3 rings (SSSR count). The summed E-state index contributed by atoms with van der Waals surface area (Å²) in [5, 5.41) is 16.4. The van der Waals surface area contributed by atoms with E-state index in [0.717, 1.165) is 49.7 Å². The van der Waals surface area contributed by atoms with Gasteiger partial charge in [0.05, 0.1) is 6.54 Å². The maximum Gasteiger partial charge on any atom is 0.191 e. The number of halogens is 1. The summed E-state index contributed by atoms with van der Waals surface area (Å²) >= 11 is 0. The number of rotatable bonds is 5. The van der Waals surface area contributed by atoms with E-state index in [9.17, 15) is 9.50 Å². The van der Waals surface area contributed by atoms with Gasteiger partial charge in [-0.1, -0.05) is 18.2 Å². The molecule has 0 aromatic heterocycles. The first-order valence-electron chi connectivity index (χ1n) is 9.47. The van der Waals surface area contributed by atoms with E-state index in [1.165, 1.54) is 6.07 Å². The van der Waals surface area contributed by atoms with E-state index in [1.54, 1.807) is 24.3 Å². The van der Waals surface area contributed by atoms with Gasteiger partial charge < -0.3 is 20.6 Å². The van der Waals surface area contributed by atoms with Crippen LogP contribution >= 0.6 is 0 Å². The van der Waals surface area contributed by atoms with E-state index in [0.29, 0.717) is 6.54 Å². The minimum Gasteiger partial charge on any atom is -0.508 e. The van der Waals surface area contributed by atoms with E-state index in [-0.39, 0.29) is 17.6 Å². The van der Waals surface area contributed by atoms with Gasteiger partial charge in [0.25, 0.3) is 0 Å². The normalized spacial score (nSPS) is 17.6. The zero-order chi connectivity index (χ0) is 19.1. The van der Waals surface area contributed by atoms with Crippen molar-refractivity contribution in [2.45, 2.75) is 32.4 Å². The van der Waals surface area contributed by atoms with Crippen LogP contribution in [0.4, 0.5) is 10.1 Å². The lowest BCUT2D eigenvalue weighted by Crippen LogP contribution is -2.51. The first-order valence-corrected chi connectivity index (χ1v) is 9.47. The SMILES string of the molecule is CCNC(=NCc1cccc(O)c1)NC1CCCN(c2cccc(F)c2)C1. The molecular formula is C21H27FN4O. The summed E-state index contributed by atoms with van der Waals surface area (Å²) in [5.74, 6) is 0.800. The molecule has 144 valence electrons. The van der Waals surface area contributed by atoms with Crippen molar-refractivity contribution in [1.82, 2.24) is 10.6 Å². The molecule has 0 spiro atoms. The van der Waals surface area contributed by atoms with Crippen LogP contribution in [0.15, 0.2) is 53.5 Å². The van der Waals surface area contributed by atoms with Crippen molar-refractivity contribution in [2.75, 3.05) is 24.5 Å². The molecule has 2 aromatic rings. The molecular weight excluding hydrogens is 343 g/mol. The molecule has 1 heterocycles. The number of hydrogen-bond donors (Lipinski definition) is 3. The highest BCUT2D eigenvalue weighted by atomic mass is 19.1. The zero-order valence-corrected chi connectivity index (χ0v) is 15.7. The van der Waals surface area contributed by atoms with Gasteiger partial charge in [-0.25, -0.2) is 9.38 Å². The lowest BCUT2D eigenvalue weighted by molar-refractivity contribution is 0.467. The highest BCUT2D eigenvalue weighted by Gasteiger charge is 2.21. The molecule has 0 saturated carbocycles. The van der Waals surface area contributed by atoms with Crippen LogP contribution in [0, 0.1) is 5.82 Å². The molecule has 1 fully saturated rings. The van der Waals surface area contributed by atoms with Crippen molar-refractivity contribution in [3.05, 3.63) is 59.9 Å². The second-order valence-electron chi connectivity index (χ2n) is 6.77. The van der Waals surface area contributed by atoms with Crippen molar-refractivity contribution in [3.8, 4) is 5.75 Å². The smallest absolute Gasteiger partial charge is 0.191 e. The number of aliphatic imine (C=N–C) groups is 1. The van der Waals surface area contributed by atoms with Crippen LogP contribution in [0.2, 0.25) is 0 Å². The van der Waals surface area contributed by atoms with Crippen LogP contribution in [0.25, 0.3) is 0 Å². The molecule has 1 aliphatic rings. The number of nitrogens with zero attached hydrogens (tertiary/aromatic N) is 2. The number of piperidine rings is 1. The molecule has 27 heavy (non-hydrogen) atoms. The monoisotopic (exact) mass is 370 g/mol. The second kappa shape index (κ2) is 9.26. The van der Waals surface area contributed by atoms with Crippen LogP contribution in [-0.4, -0.2) is 36.7 Å². The number of phenolic OH excluding ortho intramolecular Hbond substituents is 1. The second-order valence-corrected chi connectivity index (χ2v) is 6.77. The summed E-state index contributed by atoms with van der Waals surface area (Å²) in [7, 11) is 0. The average Bonchev–Trinajstić information content (AvgIpc) is 2.67. The van der Waals surface area contributed by atoms with Crippen LogP contribution < -0.4 is 15.5 Å². The maximum absolute atomic E-state index is 13.5. The summed E-state index contributed by atoms with van der Waals surface area (Å²) in [6.45, 7) is 5.03. The van der Waals surface area contributed by atoms with Crippen LogP contribution in [0.5, 0.6) is 5.75 Å². The first kappa shape index (κ1) is 19.0. The Balaban J connectivity index is 1.64. The Bertz CT molecular complexity index is 780. The molecule has 0 amide bonds. The lowest BCUT2D eigenvalue weighted by atomic mass is 10.0. The molecule has 1 aliphatic heterocycles. The van der Waals surface area contributed by atoms with Crippen molar-refractivity contribution >= 4 is 11.6 Å². The van der Waals surface area contributed by atoms with Gasteiger partial charge in [0.1, 0.15) is 11.6 Å². The Labute approximate surface area is 159 Å². The van der Waals surface area contributed by atoms with E-state index < -0.39 is 0 Å². The van der Waals surface area contributed by atoms with Gasteiger partial charge in [0, 0.05) is 31.4 Å². The minimum atomic E-state index is -0.205. The van der Waals surface area contributed by atoms with Gasteiger partial charge >= 0.3 is 0 Å². The highest BCUT2D eigenvalue weighted by molar-refractivity contribution is 5.80. The largest absolute Gasteiger partial charge is 0.508 e. The van der Waals surface area contributed by atoms with Gasteiger partial charge in [0.15, 0.2) is 5.96 Å². The average molecular weight is 370 g/mol. The summed E-state index contributed by atoms with van der Waals surface area (Å²) in [6, 6.07) is 14.1. The van der Waals surface area contributed by atoms with Gasteiger partial charge in [0.2, 0.25) is 0 Å². The van der Waals surface area contributed by atoms with Crippen LogP contribution in [0.1, 0.15) is 25.3 Å². The van der Waals surface area contributed by atoms with Crippen LogP contribution in [0.3, 0.4) is 0 Å². The van der Waals surface area contributed by atoms with Crippen LogP contribution in [-0.2, 0) is 6.54 Å². The molecule has 1 saturated heterocycles. The topological polar surface area (TPSA) is 59.9 Å². The Hall–Kier alpha value is -2.76. The minimum absolute atomic E-state index is 0.205. The Morgan fingerprint density at radius 2 is 2.11 bits per heavy atom. The van der Waals surface area contributed by atoms with E-state index >= 15 is 0 Å². The molecule has 0 aliphatic carbocycles. The van der Waals surface area contributed by atoms with Crippen molar-refractivity contribution in [3.63, 3.8) is 0 Å². The van der Waals surface area contributed by atoms with E-state index in [2.05, 4.69) is 20.5 Å². The molecule has 3 N–H and O–H groups in total. The Kier molecular flexibility index (Phi) is 6.52. The number of guanidine groups is 1. The number of hydrogen-bond acceptors (Lipinski definition) is 3. The fraction of sp³-hybridized carbons (Fsp3) is 0.381.